The molecule has 0 bridgehead atoms. The molecule has 0 radical (unpaired) electrons. The number of ether oxygens (including phenoxy) is 3. The Morgan fingerprint density at radius 1 is 1.38 bits per heavy atom. The Morgan fingerprint density at radius 3 is 2.79 bits per heavy atom. The molecule has 1 heterocycles. The van der Waals surface area contributed by atoms with E-state index >= 15 is 0 Å². The lowest BCUT2D eigenvalue weighted by molar-refractivity contribution is -0.149. The van der Waals surface area contributed by atoms with Gasteiger partial charge in [-0.25, -0.2) is 0 Å². The predicted molar refractivity (Wildman–Crippen MR) is 89.3 cm³/mol. The average molecular weight is 340 g/mol. The number of esters is 2. The van der Waals surface area contributed by atoms with Crippen molar-refractivity contribution >= 4 is 11.9 Å². The van der Waals surface area contributed by atoms with Gasteiger partial charge in [0, 0.05) is 6.92 Å². The molecule has 0 fully saturated rings. The van der Waals surface area contributed by atoms with E-state index in [1.165, 1.54) is 6.92 Å². The number of hydrogen-bond donors (Lipinski definition) is 1. The fourth-order valence-corrected chi connectivity index (χ4v) is 2.43. The van der Waals surface area contributed by atoms with Gasteiger partial charge >= 0.3 is 11.9 Å². The lowest BCUT2D eigenvalue weighted by Crippen LogP contribution is -2.36. The summed E-state index contributed by atoms with van der Waals surface area (Å²) in [4.78, 5) is 22.3. The van der Waals surface area contributed by atoms with Gasteiger partial charge in [0.25, 0.3) is 0 Å². The second-order valence-electron chi connectivity index (χ2n) is 5.80. The lowest BCUT2D eigenvalue weighted by Gasteiger charge is -2.27. The fourth-order valence-electron chi connectivity index (χ4n) is 2.43. The van der Waals surface area contributed by atoms with E-state index in [1.807, 2.05) is 19.1 Å². The minimum absolute atomic E-state index is 0.0313. The second kappa shape index (κ2) is 11.0. The molecular weight excluding hydrogens is 312 g/mol. The van der Waals surface area contributed by atoms with E-state index in [0.29, 0.717) is 6.61 Å². The molecule has 1 aliphatic heterocycles. The summed E-state index contributed by atoms with van der Waals surface area (Å²) in [6.07, 6.45) is 8.14. The van der Waals surface area contributed by atoms with Crippen molar-refractivity contribution in [2.24, 2.45) is 0 Å². The molecule has 1 N–H and O–H groups in total. The van der Waals surface area contributed by atoms with Crippen LogP contribution in [-0.4, -0.2) is 48.1 Å². The van der Waals surface area contributed by atoms with Crippen LogP contribution in [-0.2, 0) is 23.8 Å². The van der Waals surface area contributed by atoms with Gasteiger partial charge < -0.3 is 19.3 Å². The highest BCUT2D eigenvalue weighted by Gasteiger charge is 2.27. The molecule has 0 amide bonds. The van der Waals surface area contributed by atoms with Gasteiger partial charge in [-0.05, 0) is 33.1 Å². The summed E-state index contributed by atoms with van der Waals surface area (Å²) < 4.78 is 15.6. The number of aliphatic hydroxyl groups is 1. The van der Waals surface area contributed by atoms with Crippen LogP contribution in [0.3, 0.4) is 0 Å². The van der Waals surface area contributed by atoms with Crippen molar-refractivity contribution in [3.8, 4) is 0 Å². The number of hydrogen-bond acceptors (Lipinski definition) is 6. The van der Waals surface area contributed by atoms with Gasteiger partial charge in [-0.3, -0.25) is 9.59 Å². The van der Waals surface area contributed by atoms with Crippen LogP contribution < -0.4 is 0 Å². The zero-order valence-electron chi connectivity index (χ0n) is 14.6. The van der Waals surface area contributed by atoms with E-state index in [4.69, 9.17) is 14.2 Å². The van der Waals surface area contributed by atoms with Crippen molar-refractivity contribution < 1.29 is 28.9 Å². The molecule has 0 spiro atoms. The largest absolute Gasteiger partial charge is 0.466 e. The Bertz CT molecular complexity index is 456. The van der Waals surface area contributed by atoms with Crippen molar-refractivity contribution in [2.45, 2.75) is 70.9 Å². The van der Waals surface area contributed by atoms with Crippen LogP contribution in [0.2, 0.25) is 0 Å². The molecule has 0 saturated heterocycles. The van der Waals surface area contributed by atoms with Crippen molar-refractivity contribution in [1.82, 2.24) is 0 Å². The molecule has 0 aliphatic carbocycles. The highest BCUT2D eigenvalue weighted by atomic mass is 16.5. The predicted octanol–water partition coefficient (Wildman–Crippen LogP) is 2.30. The first-order valence-corrected chi connectivity index (χ1v) is 8.43. The van der Waals surface area contributed by atoms with E-state index < -0.39 is 12.2 Å². The Balaban J connectivity index is 2.33. The van der Waals surface area contributed by atoms with Crippen LogP contribution >= 0.6 is 0 Å². The highest BCUT2D eigenvalue weighted by molar-refractivity contribution is 5.70. The number of aliphatic hydroxyl groups excluding tert-OH is 1. The van der Waals surface area contributed by atoms with Crippen LogP contribution in [0.4, 0.5) is 0 Å². The van der Waals surface area contributed by atoms with Crippen LogP contribution in [0.5, 0.6) is 0 Å². The van der Waals surface area contributed by atoms with Gasteiger partial charge in [-0.2, -0.15) is 0 Å². The summed E-state index contributed by atoms with van der Waals surface area (Å²) >= 11 is 0. The Labute approximate surface area is 143 Å². The van der Waals surface area contributed by atoms with E-state index in [9.17, 15) is 14.7 Å². The molecule has 6 nitrogen and oxygen atoms in total. The van der Waals surface area contributed by atoms with Crippen LogP contribution in [0.15, 0.2) is 24.3 Å². The van der Waals surface area contributed by atoms with Crippen LogP contribution in [0, 0.1) is 0 Å². The summed E-state index contributed by atoms with van der Waals surface area (Å²) in [5, 5.41) is 9.86. The maximum absolute atomic E-state index is 11.5. The maximum Gasteiger partial charge on any atom is 0.308 e. The number of unbranched alkanes of at least 4 members (excludes halogenated alkanes) is 1. The molecule has 1 rings (SSSR count). The average Bonchev–Trinajstić information content (AvgIpc) is 2.49. The smallest absolute Gasteiger partial charge is 0.308 e. The molecule has 0 aromatic rings. The molecule has 4 atom stereocenters. The molecule has 6 heteroatoms. The van der Waals surface area contributed by atoms with E-state index in [2.05, 4.69) is 0 Å². The third kappa shape index (κ3) is 8.26. The first-order chi connectivity index (χ1) is 11.4. The van der Waals surface area contributed by atoms with E-state index in [-0.39, 0.29) is 30.6 Å². The van der Waals surface area contributed by atoms with Gasteiger partial charge in [0.15, 0.2) is 0 Å². The minimum Gasteiger partial charge on any atom is -0.466 e. The maximum atomic E-state index is 11.5. The summed E-state index contributed by atoms with van der Waals surface area (Å²) in [6.45, 7) is 5.33. The number of carbonyl (C=O) groups excluding carboxylic acids is 2. The molecule has 0 aromatic heterocycles. The van der Waals surface area contributed by atoms with Crippen LogP contribution in [0.1, 0.15) is 46.5 Å². The van der Waals surface area contributed by atoms with Crippen molar-refractivity contribution in [3.05, 3.63) is 24.3 Å². The normalized spacial score (nSPS) is 24.8. The topological polar surface area (TPSA) is 82.1 Å². The Hall–Kier alpha value is -1.66. The monoisotopic (exact) mass is 340 g/mol. The van der Waals surface area contributed by atoms with E-state index in [0.717, 1.165) is 19.3 Å². The number of allylic oxidation sites excluding steroid dienone is 1. The van der Waals surface area contributed by atoms with Crippen molar-refractivity contribution in [2.75, 3.05) is 6.61 Å². The molecule has 1 aliphatic rings. The summed E-state index contributed by atoms with van der Waals surface area (Å²) in [5.41, 5.74) is 0. The zero-order valence-corrected chi connectivity index (χ0v) is 14.6. The molecule has 0 unspecified atom stereocenters. The van der Waals surface area contributed by atoms with Crippen molar-refractivity contribution in [1.29, 1.82) is 0 Å². The van der Waals surface area contributed by atoms with Gasteiger partial charge in [0.2, 0.25) is 0 Å². The van der Waals surface area contributed by atoms with Crippen LogP contribution in [0.25, 0.3) is 0 Å². The van der Waals surface area contributed by atoms with E-state index in [1.54, 1.807) is 19.1 Å². The van der Waals surface area contributed by atoms with Crippen molar-refractivity contribution in [3.63, 3.8) is 0 Å². The second-order valence-corrected chi connectivity index (χ2v) is 5.80. The third-order valence-corrected chi connectivity index (χ3v) is 3.56. The van der Waals surface area contributed by atoms with Gasteiger partial charge in [-0.1, -0.05) is 24.3 Å². The Morgan fingerprint density at radius 2 is 2.12 bits per heavy atom. The molecule has 0 saturated carbocycles. The highest BCUT2D eigenvalue weighted by Crippen LogP contribution is 2.18. The molecular formula is C18H28O6. The molecule has 0 aromatic carbocycles. The summed E-state index contributed by atoms with van der Waals surface area (Å²) in [7, 11) is 0. The standard InChI is InChI=1S/C18H28O6/c1-4-22-18(21)12-17-16(20)11-10-15(24-17)9-7-5-6-8-13(2)23-14(3)19/h7,9-11,13,15-17,20H,4-6,8,12H2,1-3H3/b9-7+/t13-,15-,16-,17-/m1/s1. The molecule has 136 valence electrons. The zero-order chi connectivity index (χ0) is 17.9. The first kappa shape index (κ1) is 20.4. The first-order valence-electron chi connectivity index (χ1n) is 8.43. The minimum atomic E-state index is -0.802. The van der Waals surface area contributed by atoms with Gasteiger partial charge in [-0.15, -0.1) is 0 Å². The quantitative estimate of drug-likeness (QED) is 0.394. The van der Waals surface area contributed by atoms with Gasteiger partial charge in [0.1, 0.15) is 0 Å². The third-order valence-electron chi connectivity index (χ3n) is 3.56. The number of rotatable bonds is 9. The fraction of sp³-hybridized carbons (Fsp3) is 0.667. The molecule has 24 heavy (non-hydrogen) atoms. The van der Waals surface area contributed by atoms with Gasteiger partial charge in [0.05, 0.1) is 37.4 Å². The lowest BCUT2D eigenvalue weighted by atomic mass is 10.0. The number of carbonyl (C=O) groups is 2. The SMILES string of the molecule is CCOC(=O)C[C@H]1O[C@H](/C=C/CCC[C@@H](C)OC(C)=O)C=C[C@H]1O. The summed E-state index contributed by atoms with van der Waals surface area (Å²) in [6, 6.07) is 0. The Kier molecular flexibility index (Phi) is 9.34. The summed E-state index contributed by atoms with van der Waals surface area (Å²) in [5.74, 6) is -0.635.